The molecule has 0 amide bonds. The summed E-state index contributed by atoms with van der Waals surface area (Å²) in [6.07, 6.45) is 0.641. The Bertz CT molecular complexity index is 634. The number of rotatable bonds is 5. The highest BCUT2D eigenvalue weighted by molar-refractivity contribution is 14.1. The van der Waals surface area contributed by atoms with Gasteiger partial charge in [-0.25, -0.2) is 4.39 Å². The Kier molecular flexibility index (Phi) is 5.41. The Morgan fingerprint density at radius 1 is 1.10 bits per heavy atom. The van der Waals surface area contributed by atoms with Crippen LogP contribution in [0.15, 0.2) is 36.4 Å². The summed E-state index contributed by atoms with van der Waals surface area (Å²) in [5.41, 5.74) is 8.22. The quantitative estimate of drug-likeness (QED) is 0.778. The summed E-state index contributed by atoms with van der Waals surface area (Å²) in [7, 11) is 3.20. The normalized spacial score (nSPS) is 12.0. The van der Waals surface area contributed by atoms with Gasteiger partial charge in [-0.05, 0) is 64.4 Å². The molecular weight excluding hydrogens is 384 g/mol. The standard InChI is InChI=1S/C16H17FINO2/c1-20-15-6-3-10(8-16(15)21-2)7-14(19)12-5-4-11(17)9-13(12)18/h3-6,8-9,14H,7,19H2,1-2H3. The zero-order valence-corrected chi connectivity index (χ0v) is 14.1. The van der Waals surface area contributed by atoms with E-state index in [1.165, 1.54) is 12.1 Å². The smallest absolute Gasteiger partial charge is 0.160 e. The molecule has 1 unspecified atom stereocenters. The predicted molar refractivity (Wildman–Crippen MR) is 89.3 cm³/mol. The highest BCUT2D eigenvalue weighted by Crippen LogP contribution is 2.30. The van der Waals surface area contributed by atoms with Crippen molar-refractivity contribution in [3.05, 3.63) is 56.9 Å². The topological polar surface area (TPSA) is 44.5 Å². The minimum absolute atomic E-state index is 0.199. The lowest BCUT2D eigenvalue weighted by molar-refractivity contribution is 0.354. The van der Waals surface area contributed by atoms with Gasteiger partial charge in [-0.3, -0.25) is 0 Å². The molecule has 2 rings (SSSR count). The van der Waals surface area contributed by atoms with Crippen LogP contribution in [-0.2, 0) is 6.42 Å². The average molecular weight is 401 g/mol. The van der Waals surface area contributed by atoms with E-state index in [-0.39, 0.29) is 11.9 Å². The molecule has 21 heavy (non-hydrogen) atoms. The van der Waals surface area contributed by atoms with Gasteiger partial charge in [0.25, 0.3) is 0 Å². The van der Waals surface area contributed by atoms with Gasteiger partial charge in [-0.2, -0.15) is 0 Å². The van der Waals surface area contributed by atoms with E-state index < -0.39 is 0 Å². The minimum Gasteiger partial charge on any atom is -0.493 e. The van der Waals surface area contributed by atoms with Crippen molar-refractivity contribution in [1.82, 2.24) is 0 Å². The van der Waals surface area contributed by atoms with E-state index in [1.807, 2.05) is 18.2 Å². The van der Waals surface area contributed by atoms with Crippen molar-refractivity contribution in [1.29, 1.82) is 0 Å². The molecule has 1 atom stereocenters. The van der Waals surface area contributed by atoms with Crippen LogP contribution >= 0.6 is 22.6 Å². The number of ether oxygens (including phenoxy) is 2. The Hall–Kier alpha value is -1.34. The first-order valence-electron chi connectivity index (χ1n) is 6.46. The molecule has 5 heteroatoms. The summed E-state index contributed by atoms with van der Waals surface area (Å²) in [6, 6.07) is 10.2. The number of nitrogens with two attached hydrogens (primary N) is 1. The molecule has 0 heterocycles. The first-order valence-corrected chi connectivity index (χ1v) is 7.54. The van der Waals surface area contributed by atoms with Crippen LogP contribution in [0.25, 0.3) is 0 Å². The molecule has 0 spiro atoms. The fraction of sp³-hybridized carbons (Fsp3) is 0.250. The predicted octanol–water partition coefficient (Wildman–Crippen LogP) is 3.69. The number of hydrogen-bond donors (Lipinski definition) is 1. The molecule has 0 saturated heterocycles. The van der Waals surface area contributed by atoms with E-state index in [2.05, 4.69) is 22.6 Å². The largest absolute Gasteiger partial charge is 0.493 e. The second-order valence-corrected chi connectivity index (χ2v) is 5.83. The summed E-state index contributed by atoms with van der Waals surface area (Å²) < 4.78 is 24.5. The van der Waals surface area contributed by atoms with Gasteiger partial charge in [0.2, 0.25) is 0 Å². The van der Waals surface area contributed by atoms with Gasteiger partial charge in [0, 0.05) is 9.61 Å². The third kappa shape index (κ3) is 3.85. The third-order valence-corrected chi connectivity index (χ3v) is 4.20. The molecule has 112 valence electrons. The monoisotopic (exact) mass is 401 g/mol. The Morgan fingerprint density at radius 3 is 2.43 bits per heavy atom. The molecule has 2 aromatic carbocycles. The maximum atomic E-state index is 13.1. The Balaban J connectivity index is 2.21. The van der Waals surface area contributed by atoms with Gasteiger partial charge in [0.15, 0.2) is 11.5 Å². The third-order valence-electron chi connectivity index (χ3n) is 3.27. The Morgan fingerprint density at radius 2 is 1.81 bits per heavy atom. The first-order chi connectivity index (χ1) is 10.0. The fourth-order valence-electron chi connectivity index (χ4n) is 2.17. The summed E-state index contributed by atoms with van der Waals surface area (Å²) in [4.78, 5) is 0. The minimum atomic E-state index is -0.249. The van der Waals surface area contributed by atoms with Crippen molar-refractivity contribution in [3.63, 3.8) is 0 Å². The second-order valence-electron chi connectivity index (χ2n) is 4.67. The van der Waals surface area contributed by atoms with Crippen LogP contribution in [-0.4, -0.2) is 14.2 Å². The number of benzene rings is 2. The van der Waals surface area contributed by atoms with Crippen LogP contribution in [0.2, 0.25) is 0 Å². The van der Waals surface area contributed by atoms with Gasteiger partial charge in [0.1, 0.15) is 5.82 Å². The van der Waals surface area contributed by atoms with Gasteiger partial charge in [-0.15, -0.1) is 0 Å². The van der Waals surface area contributed by atoms with Gasteiger partial charge in [-0.1, -0.05) is 12.1 Å². The van der Waals surface area contributed by atoms with E-state index >= 15 is 0 Å². The van der Waals surface area contributed by atoms with E-state index in [0.717, 1.165) is 14.7 Å². The molecule has 0 aliphatic carbocycles. The zero-order valence-electron chi connectivity index (χ0n) is 11.9. The molecule has 0 bridgehead atoms. The van der Waals surface area contributed by atoms with Crippen LogP contribution < -0.4 is 15.2 Å². The molecule has 0 radical (unpaired) electrons. The molecule has 0 saturated carbocycles. The van der Waals surface area contributed by atoms with Crippen LogP contribution in [0.1, 0.15) is 17.2 Å². The van der Waals surface area contributed by atoms with E-state index in [9.17, 15) is 4.39 Å². The van der Waals surface area contributed by atoms with Crippen molar-refractivity contribution < 1.29 is 13.9 Å². The Labute approximate surface area is 137 Å². The summed E-state index contributed by atoms with van der Waals surface area (Å²) >= 11 is 2.10. The van der Waals surface area contributed by atoms with Crippen molar-refractivity contribution >= 4 is 22.6 Å². The van der Waals surface area contributed by atoms with E-state index in [4.69, 9.17) is 15.2 Å². The molecule has 0 aliphatic heterocycles. The molecule has 2 N–H and O–H groups in total. The summed E-state index contributed by atoms with van der Waals surface area (Å²) in [6.45, 7) is 0. The van der Waals surface area contributed by atoms with Crippen LogP contribution in [0, 0.1) is 9.39 Å². The number of halogens is 2. The average Bonchev–Trinajstić information content (AvgIpc) is 2.46. The summed E-state index contributed by atoms with van der Waals surface area (Å²) in [5, 5.41) is 0. The van der Waals surface area contributed by atoms with Gasteiger partial charge < -0.3 is 15.2 Å². The van der Waals surface area contributed by atoms with Gasteiger partial charge >= 0.3 is 0 Å². The van der Waals surface area contributed by atoms with Crippen molar-refractivity contribution in [3.8, 4) is 11.5 Å². The first kappa shape index (κ1) is 16.0. The maximum absolute atomic E-state index is 13.1. The molecule has 2 aromatic rings. The highest BCUT2D eigenvalue weighted by Gasteiger charge is 2.13. The number of methoxy groups -OCH3 is 2. The van der Waals surface area contributed by atoms with Crippen LogP contribution in [0.4, 0.5) is 4.39 Å². The molecule has 0 fully saturated rings. The van der Waals surface area contributed by atoms with Crippen LogP contribution in [0.3, 0.4) is 0 Å². The maximum Gasteiger partial charge on any atom is 0.160 e. The lowest BCUT2D eigenvalue weighted by Gasteiger charge is -2.15. The zero-order chi connectivity index (χ0) is 15.4. The number of hydrogen-bond acceptors (Lipinski definition) is 3. The molecule has 0 aliphatic rings. The second kappa shape index (κ2) is 7.09. The van der Waals surface area contributed by atoms with Crippen molar-refractivity contribution in [2.45, 2.75) is 12.5 Å². The van der Waals surface area contributed by atoms with E-state index in [1.54, 1.807) is 20.3 Å². The molecule has 3 nitrogen and oxygen atoms in total. The lowest BCUT2D eigenvalue weighted by Crippen LogP contribution is -2.15. The molecule has 0 aromatic heterocycles. The van der Waals surface area contributed by atoms with E-state index in [0.29, 0.717) is 17.9 Å². The van der Waals surface area contributed by atoms with Crippen LogP contribution in [0.5, 0.6) is 11.5 Å². The summed E-state index contributed by atoms with van der Waals surface area (Å²) in [5.74, 6) is 1.11. The van der Waals surface area contributed by atoms with Gasteiger partial charge in [0.05, 0.1) is 14.2 Å². The molecular formula is C16H17FINO2. The van der Waals surface area contributed by atoms with Crippen molar-refractivity contribution in [2.24, 2.45) is 5.73 Å². The SMILES string of the molecule is COc1ccc(CC(N)c2ccc(F)cc2I)cc1OC. The fourth-order valence-corrected chi connectivity index (χ4v) is 3.05. The lowest BCUT2D eigenvalue weighted by atomic mass is 9.99. The highest BCUT2D eigenvalue weighted by atomic mass is 127. The van der Waals surface area contributed by atoms with Crippen molar-refractivity contribution in [2.75, 3.05) is 14.2 Å².